The monoisotopic (exact) mass is 192 g/mol. The third kappa shape index (κ3) is 1.86. The lowest BCUT2D eigenvalue weighted by Gasteiger charge is -2.14. The topological polar surface area (TPSA) is 0 Å². The summed E-state index contributed by atoms with van der Waals surface area (Å²) in [7, 11) is 0. The quantitative estimate of drug-likeness (QED) is 0.656. The number of rotatable bonds is 2. The highest BCUT2D eigenvalue weighted by Crippen LogP contribution is 2.34. The van der Waals surface area contributed by atoms with Crippen LogP contribution in [0.25, 0.3) is 5.57 Å². The van der Waals surface area contributed by atoms with Crippen molar-refractivity contribution >= 4 is 16.9 Å². The van der Waals surface area contributed by atoms with Gasteiger partial charge in [-0.2, -0.15) is 0 Å². The first-order valence-electron chi connectivity index (χ1n) is 5.17. The van der Waals surface area contributed by atoms with Crippen LogP contribution in [0.4, 0.5) is 0 Å². The zero-order valence-corrected chi connectivity index (χ0v) is 8.99. The number of aryl methyl sites for hydroxylation is 1. The van der Waals surface area contributed by atoms with Crippen LogP contribution in [-0.4, -0.2) is 0 Å². The average molecular weight is 192 g/mol. The Morgan fingerprint density at radius 3 is 3.23 bits per heavy atom. The molecule has 0 aromatic carbocycles. The summed E-state index contributed by atoms with van der Waals surface area (Å²) >= 11 is 1.92. The van der Waals surface area contributed by atoms with Crippen LogP contribution in [-0.2, 0) is 6.42 Å². The fourth-order valence-electron chi connectivity index (χ4n) is 1.92. The van der Waals surface area contributed by atoms with Gasteiger partial charge in [-0.25, -0.2) is 0 Å². The molecule has 0 nitrogen and oxygen atoms in total. The van der Waals surface area contributed by atoms with Crippen molar-refractivity contribution in [3.63, 3.8) is 0 Å². The number of thiophene rings is 1. The van der Waals surface area contributed by atoms with Gasteiger partial charge in [0.05, 0.1) is 0 Å². The highest BCUT2D eigenvalue weighted by molar-refractivity contribution is 7.10. The Kier molecular flexibility index (Phi) is 2.84. The fourth-order valence-corrected chi connectivity index (χ4v) is 2.88. The standard InChI is InChI=1S/C12H16S/c1-2-3-5-10-6-4-7-12-11(10)8-9-13-12/h5,8-9H,2-4,6-7H2,1H3. The van der Waals surface area contributed by atoms with Crippen molar-refractivity contribution in [3.8, 4) is 0 Å². The molecule has 1 heteroatoms. The van der Waals surface area contributed by atoms with Crippen molar-refractivity contribution in [3.05, 3.63) is 28.0 Å². The first-order chi connectivity index (χ1) is 6.42. The lowest BCUT2D eigenvalue weighted by Crippen LogP contribution is -1.97. The zero-order chi connectivity index (χ0) is 9.10. The fraction of sp³-hybridized carbons (Fsp3) is 0.500. The minimum Gasteiger partial charge on any atom is -0.148 e. The molecule has 13 heavy (non-hydrogen) atoms. The Hall–Kier alpha value is -0.560. The molecule has 0 amide bonds. The Labute approximate surface area is 84.3 Å². The van der Waals surface area contributed by atoms with Gasteiger partial charge in [-0.3, -0.25) is 0 Å². The van der Waals surface area contributed by atoms with Gasteiger partial charge >= 0.3 is 0 Å². The van der Waals surface area contributed by atoms with Gasteiger partial charge in [0.1, 0.15) is 0 Å². The molecule has 0 fully saturated rings. The maximum absolute atomic E-state index is 2.44. The average Bonchev–Trinajstić information content (AvgIpc) is 2.62. The normalized spacial score (nSPS) is 19.0. The molecular formula is C12H16S. The minimum atomic E-state index is 1.24. The summed E-state index contributed by atoms with van der Waals surface area (Å²) < 4.78 is 0. The number of hydrogen-bond donors (Lipinski definition) is 0. The summed E-state index contributed by atoms with van der Waals surface area (Å²) in [6, 6.07) is 2.29. The molecule has 70 valence electrons. The van der Waals surface area contributed by atoms with E-state index in [4.69, 9.17) is 0 Å². The molecule has 0 atom stereocenters. The summed E-state index contributed by atoms with van der Waals surface area (Å²) in [5.74, 6) is 0. The summed E-state index contributed by atoms with van der Waals surface area (Å²) in [4.78, 5) is 1.61. The molecule has 2 rings (SSSR count). The van der Waals surface area contributed by atoms with Gasteiger partial charge in [-0.15, -0.1) is 11.3 Å². The van der Waals surface area contributed by atoms with E-state index in [1.807, 2.05) is 11.3 Å². The maximum Gasteiger partial charge on any atom is 0.0120 e. The van der Waals surface area contributed by atoms with E-state index in [9.17, 15) is 0 Å². The lowest BCUT2D eigenvalue weighted by molar-refractivity contribution is 0.831. The van der Waals surface area contributed by atoms with Gasteiger partial charge in [0.15, 0.2) is 0 Å². The van der Waals surface area contributed by atoms with E-state index in [0.717, 1.165) is 0 Å². The van der Waals surface area contributed by atoms with E-state index in [0.29, 0.717) is 0 Å². The van der Waals surface area contributed by atoms with E-state index < -0.39 is 0 Å². The Bertz CT molecular complexity index is 307. The Morgan fingerprint density at radius 2 is 2.38 bits per heavy atom. The van der Waals surface area contributed by atoms with Crippen molar-refractivity contribution < 1.29 is 0 Å². The first-order valence-corrected chi connectivity index (χ1v) is 6.05. The Morgan fingerprint density at radius 1 is 1.46 bits per heavy atom. The molecule has 0 aliphatic heterocycles. The Balaban J connectivity index is 2.25. The molecule has 1 aliphatic rings. The lowest BCUT2D eigenvalue weighted by atomic mass is 9.92. The second kappa shape index (κ2) is 4.10. The minimum absolute atomic E-state index is 1.24. The van der Waals surface area contributed by atoms with Crippen LogP contribution < -0.4 is 0 Å². The van der Waals surface area contributed by atoms with Crippen LogP contribution in [0.3, 0.4) is 0 Å². The molecule has 0 saturated carbocycles. The highest BCUT2D eigenvalue weighted by Gasteiger charge is 2.13. The summed E-state index contributed by atoms with van der Waals surface area (Å²) in [5, 5.41) is 2.23. The smallest absolute Gasteiger partial charge is 0.0120 e. The van der Waals surface area contributed by atoms with Gasteiger partial charge in [0.25, 0.3) is 0 Å². The molecule has 0 N–H and O–H groups in total. The number of unbranched alkanes of at least 4 members (excludes halogenated alkanes) is 1. The van der Waals surface area contributed by atoms with Crippen LogP contribution >= 0.6 is 11.3 Å². The van der Waals surface area contributed by atoms with Gasteiger partial charge in [-0.05, 0) is 48.3 Å². The van der Waals surface area contributed by atoms with Crippen molar-refractivity contribution in [1.29, 1.82) is 0 Å². The van der Waals surface area contributed by atoms with E-state index >= 15 is 0 Å². The van der Waals surface area contributed by atoms with Gasteiger partial charge in [0, 0.05) is 4.88 Å². The third-order valence-electron chi connectivity index (χ3n) is 2.62. The highest BCUT2D eigenvalue weighted by atomic mass is 32.1. The largest absolute Gasteiger partial charge is 0.148 e. The first kappa shape index (κ1) is 9.01. The van der Waals surface area contributed by atoms with Crippen molar-refractivity contribution in [1.82, 2.24) is 0 Å². The molecule has 1 aliphatic carbocycles. The number of fused-ring (bicyclic) bond motifs is 1. The zero-order valence-electron chi connectivity index (χ0n) is 8.18. The summed E-state index contributed by atoms with van der Waals surface area (Å²) in [6.07, 6.45) is 8.89. The second-order valence-electron chi connectivity index (χ2n) is 3.63. The molecule has 0 bridgehead atoms. The van der Waals surface area contributed by atoms with Crippen LogP contribution in [0.15, 0.2) is 17.5 Å². The molecular weight excluding hydrogens is 176 g/mol. The summed E-state index contributed by atoms with van der Waals surface area (Å²) in [6.45, 7) is 2.24. The maximum atomic E-state index is 2.44. The third-order valence-corrected chi connectivity index (χ3v) is 3.60. The predicted octanol–water partition coefficient (Wildman–Crippen LogP) is 4.27. The SMILES string of the molecule is CCCC=C1CCCc2sccc21. The van der Waals surface area contributed by atoms with Crippen LogP contribution in [0, 0.1) is 0 Å². The van der Waals surface area contributed by atoms with Crippen molar-refractivity contribution in [2.24, 2.45) is 0 Å². The van der Waals surface area contributed by atoms with Crippen LogP contribution in [0.1, 0.15) is 43.0 Å². The van der Waals surface area contributed by atoms with Gasteiger partial charge in [0.2, 0.25) is 0 Å². The van der Waals surface area contributed by atoms with Crippen LogP contribution in [0.5, 0.6) is 0 Å². The number of allylic oxidation sites excluding steroid dienone is 2. The summed E-state index contributed by atoms with van der Waals surface area (Å²) in [5.41, 5.74) is 3.15. The molecule has 1 aromatic rings. The van der Waals surface area contributed by atoms with E-state index in [-0.39, 0.29) is 0 Å². The molecule has 0 radical (unpaired) electrons. The molecule has 0 spiro atoms. The van der Waals surface area contributed by atoms with Gasteiger partial charge < -0.3 is 0 Å². The van der Waals surface area contributed by atoms with Crippen LogP contribution in [0.2, 0.25) is 0 Å². The second-order valence-corrected chi connectivity index (χ2v) is 4.63. The van der Waals surface area contributed by atoms with E-state index in [1.165, 1.54) is 32.1 Å². The molecule has 0 saturated heterocycles. The predicted molar refractivity (Wildman–Crippen MR) is 60.1 cm³/mol. The molecule has 0 unspecified atom stereocenters. The van der Waals surface area contributed by atoms with Crippen molar-refractivity contribution in [2.45, 2.75) is 39.0 Å². The molecule has 1 aromatic heterocycles. The van der Waals surface area contributed by atoms with Gasteiger partial charge in [-0.1, -0.05) is 19.4 Å². The van der Waals surface area contributed by atoms with E-state index in [1.54, 1.807) is 16.0 Å². The van der Waals surface area contributed by atoms with E-state index in [2.05, 4.69) is 24.4 Å². The number of hydrogen-bond acceptors (Lipinski definition) is 1. The molecule has 1 heterocycles. The van der Waals surface area contributed by atoms with Crippen molar-refractivity contribution in [2.75, 3.05) is 0 Å².